The van der Waals surface area contributed by atoms with Crippen molar-refractivity contribution < 1.29 is 0 Å². The van der Waals surface area contributed by atoms with E-state index in [1.807, 2.05) is 18.2 Å². The van der Waals surface area contributed by atoms with E-state index in [2.05, 4.69) is 41.2 Å². The van der Waals surface area contributed by atoms with Gasteiger partial charge in [0.15, 0.2) is 5.82 Å². The monoisotopic (exact) mass is 244 g/mol. The number of nitrogens with zero attached hydrogens (tertiary/aromatic N) is 2. The molecule has 4 heteroatoms. The van der Waals surface area contributed by atoms with Crippen molar-refractivity contribution in [2.24, 2.45) is 11.7 Å². The summed E-state index contributed by atoms with van der Waals surface area (Å²) in [6.07, 6.45) is 1.67. The lowest BCUT2D eigenvalue weighted by molar-refractivity contribution is 0.620. The van der Waals surface area contributed by atoms with E-state index < -0.39 is 0 Å². The first kappa shape index (κ1) is 12.8. The van der Waals surface area contributed by atoms with Crippen LogP contribution in [-0.2, 0) is 12.8 Å². The molecule has 1 aromatic heterocycles. The highest BCUT2D eigenvalue weighted by Gasteiger charge is 2.13. The minimum Gasteiger partial charge on any atom is -0.321 e. The first-order chi connectivity index (χ1) is 8.65. The van der Waals surface area contributed by atoms with Crippen molar-refractivity contribution in [2.75, 3.05) is 0 Å². The van der Waals surface area contributed by atoms with E-state index in [1.54, 1.807) is 0 Å². The van der Waals surface area contributed by atoms with E-state index in [0.29, 0.717) is 11.7 Å². The average molecular weight is 244 g/mol. The molecule has 4 nitrogen and oxygen atoms in total. The standard InChI is InChI=1S/C14H20N4/c1-10(2)8-13-16-14(18-17-13)12(15)9-11-6-4-3-5-7-11/h3-7,10,12H,8-9,15H2,1-2H3,(H,16,17,18). The van der Waals surface area contributed by atoms with Gasteiger partial charge in [0.2, 0.25) is 0 Å². The zero-order chi connectivity index (χ0) is 13.0. The molecule has 0 spiro atoms. The quantitative estimate of drug-likeness (QED) is 0.847. The molecule has 0 saturated carbocycles. The Morgan fingerprint density at radius 3 is 2.56 bits per heavy atom. The number of hydrogen-bond acceptors (Lipinski definition) is 3. The summed E-state index contributed by atoms with van der Waals surface area (Å²) in [5, 5.41) is 7.17. The summed E-state index contributed by atoms with van der Waals surface area (Å²) in [5.74, 6) is 2.19. The van der Waals surface area contributed by atoms with E-state index in [4.69, 9.17) is 5.73 Å². The van der Waals surface area contributed by atoms with Gasteiger partial charge >= 0.3 is 0 Å². The van der Waals surface area contributed by atoms with Crippen molar-refractivity contribution in [3.05, 3.63) is 47.5 Å². The molecule has 18 heavy (non-hydrogen) atoms. The van der Waals surface area contributed by atoms with Crippen LogP contribution in [0.5, 0.6) is 0 Å². The number of benzene rings is 1. The molecule has 3 N–H and O–H groups in total. The van der Waals surface area contributed by atoms with Crippen LogP contribution in [0.25, 0.3) is 0 Å². The molecule has 0 aliphatic heterocycles. The van der Waals surface area contributed by atoms with Gasteiger partial charge in [-0.05, 0) is 17.9 Å². The summed E-state index contributed by atoms with van der Waals surface area (Å²) in [6.45, 7) is 4.32. The Hall–Kier alpha value is -1.68. The SMILES string of the molecule is CC(C)Cc1nc(C(N)Cc2ccccc2)n[nH]1. The van der Waals surface area contributed by atoms with Crippen LogP contribution in [0.4, 0.5) is 0 Å². The lowest BCUT2D eigenvalue weighted by atomic mass is 10.1. The smallest absolute Gasteiger partial charge is 0.167 e. The predicted octanol–water partition coefficient (Wildman–Crippen LogP) is 2.25. The predicted molar refractivity (Wildman–Crippen MR) is 72.0 cm³/mol. The maximum absolute atomic E-state index is 6.13. The zero-order valence-corrected chi connectivity index (χ0v) is 10.9. The largest absolute Gasteiger partial charge is 0.321 e. The Labute approximate surface area is 108 Å². The normalized spacial score (nSPS) is 12.9. The maximum atomic E-state index is 6.13. The summed E-state index contributed by atoms with van der Waals surface area (Å²) in [6, 6.07) is 10.0. The molecule has 96 valence electrons. The number of nitrogens with one attached hydrogen (secondary N) is 1. The van der Waals surface area contributed by atoms with Gasteiger partial charge in [0.25, 0.3) is 0 Å². The van der Waals surface area contributed by atoms with Gasteiger partial charge in [-0.1, -0.05) is 44.2 Å². The molecule has 1 aromatic carbocycles. The van der Waals surface area contributed by atoms with Crippen LogP contribution in [0.2, 0.25) is 0 Å². The molecular formula is C14H20N4. The van der Waals surface area contributed by atoms with Gasteiger partial charge < -0.3 is 5.73 Å². The molecule has 1 heterocycles. The van der Waals surface area contributed by atoms with Crippen LogP contribution < -0.4 is 5.73 Å². The number of aromatic amines is 1. The van der Waals surface area contributed by atoms with Crippen molar-refractivity contribution in [3.8, 4) is 0 Å². The van der Waals surface area contributed by atoms with E-state index in [9.17, 15) is 0 Å². The molecule has 2 rings (SSSR count). The third kappa shape index (κ3) is 3.40. The average Bonchev–Trinajstić information content (AvgIpc) is 2.78. The van der Waals surface area contributed by atoms with Crippen LogP contribution in [0.15, 0.2) is 30.3 Å². The lowest BCUT2D eigenvalue weighted by Crippen LogP contribution is -2.15. The van der Waals surface area contributed by atoms with Crippen molar-refractivity contribution in [1.82, 2.24) is 15.2 Å². The number of H-pyrrole nitrogens is 1. The Bertz CT molecular complexity index is 476. The van der Waals surface area contributed by atoms with Gasteiger partial charge in [-0.25, -0.2) is 4.98 Å². The number of hydrogen-bond donors (Lipinski definition) is 2. The fourth-order valence-corrected chi connectivity index (χ4v) is 1.91. The van der Waals surface area contributed by atoms with Gasteiger partial charge in [0, 0.05) is 6.42 Å². The van der Waals surface area contributed by atoms with Crippen LogP contribution in [0.3, 0.4) is 0 Å². The molecule has 0 fully saturated rings. The molecule has 0 saturated heterocycles. The fraction of sp³-hybridized carbons (Fsp3) is 0.429. The van der Waals surface area contributed by atoms with Crippen molar-refractivity contribution in [2.45, 2.75) is 32.7 Å². The summed E-state index contributed by atoms with van der Waals surface area (Å²) in [5.41, 5.74) is 7.33. The number of aromatic nitrogens is 3. The zero-order valence-electron chi connectivity index (χ0n) is 10.9. The highest BCUT2D eigenvalue weighted by molar-refractivity contribution is 5.17. The second-order valence-electron chi connectivity index (χ2n) is 5.03. The van der Waals surface area contributed by atoms with Gasteiger partial charge in [-0.2, -0.15) is 5.10 Å². The van der Waals surface area contributed by atoms with E-state index in [0.717, 1.165) is 18.7 Å². The molecule has 1 unspecified atom stereocenters. The summed E-state index contributed by atoms with van der Waals surface area (Å²) in [4.78, 5) is 4.45. The second-order valence-corrected chi connectivity index (χ2v) is 5.03. The maximum Gasteiger partial charge on any atom is 0.167 e. The van der Waals surface area contributed by atoms with Gasteiger partial charge in [-0.15, -0.1) is 0 Å². The highest BCUT2D eigenvalue weighted by atomic mass is 15.2. The van der Waals surface area contributed by atoms with Crippen LogP contribution in [0, 0.1) is 5.92 Å². The highest BCUT2D eigenvalue weighted by Crippen LogP contribution is 2.13. The molecule has 0 aliphatic carbocycles. The molecule has 0 aliphatic rings. The molecule has 0 bridgehead atoms. The first-order valence-corrected chi connectivity index (χ1v) is 6.36. The topological polar surface area (TPSA) is 67.6 Å². The Morgan fingerprint density at radius 2 is 1.89 bits per heavy atom. The van der Waals surface area contributed by atoms with Crippen LogP contribution in [-0.4, -0.2) is 15.2 Å². The second kappa shape index (κ2) is 5.78. The van der Waals surface area contributed by atoms with Gasteiger partial charge in [-0.3, -0.25) is 5.10 Å². The van der Waals surface area contributed by atoms with Crippen LogP contribution >= 0.6 is 0 Å². The van der Waals surface area contributed by atoms with Crippen molar-refractivity contribution in [1.29, 1.82) is 0 Å². The summed E-state index contributed by atoms with van der Waals surface area (Å²) in [7, 11) is 0. The Kier molecular flexibility index (Phi) is 4.10. The third-order valence-electron chi connectivity index (χ3n) is 2.78. The molecule has 0 amide bonds. The summed E-state index contributed by atoms with van der Waals surface area (Å²) < 4.78 is 0. The fourth-order valence-electron chi connectivity index (χ4n) is 1.91. The van der Waals surface area contributed by atoms with Gasteiger partial charge in [0.05, 0.1) is 6.04 Å². The van der Waals surface area contributed by atoms with E-state index in [1.165, 1.54) is 5.56 Å². The van der Waals surface area contributed by atoms with Gasteiger partial charge in [0.1, 0.15) is 5.82 Å². The molecule has 2 aromatic rings. The Balaban J connectivity index is 2.00. The van der Waals surface area contributed by atoms with E-state index >= 15 is 0 Å². The lowest BCUT2D eigenvalue weighted by Gasteiger charge is -2.07. The molecule has 1 atom stereocenters. The number of rotatable bonds is 5. The number of nitrogens with two attached hydrogens (primary N) is 1. The van der Waals surface area contributed by atoms with Crippen molar-refractivity contribution in [3.63, 3.8) is 0 Å². The van der Waals surface area contributed by atoms with Crippen LogP contribution in [0.1, 0.15) is 37.1 Å². The minimum absolute atomic E-state index is 0.149. The molecular weight excluding hydrogens is 224 g/mol. The minimum atomic E-state index is -0.149. The Morgan fingerprint density at radius 1 is 1.17 bits per heavy atom. The third-order valence-corrected chi connectivity index (χ3v) is 2.78. The molecule has 0 radical (unpaired) electrons. The first-order valence-electron chi connectivity index (χ1n) is 6.36. The summed E-state index contributed by atoms with van der Waals surface area (Å²) >= 11 is 0. The van der Waals surface area contributed by atoms with E-state index in [-0.39, 0.29) is 6.04 Å². The van der Waals surface area contributed by atoms with Crippen molar-refractivity contribution >= 4 is 0 Å².